The van der Waals surface area contributed by atoms with Crippen molar-refractivity contribution in [2.75, 3.05) is 31.6 Å². The summed E-state index contributed by atoms with van der Waals surface area (Å²) in [7, 11) is -3.51. The van der Waals surface area contributed by atoms with Gasteiger partial charge in [-0.05, 0) is 42.7 Å². The van der Waals surface area contributed by atoms with Crippen molar-refractivity contribution in [1.82, 2.24) is 4.31 Å². The predicted molar refractivity (Wildman–Crippen MR) is 119 cm³/mol. The number of carbonyl (C=O) groups is 1. The van der Waals surface area contributed by atoms with Crippen LogP contribution in [-0.4, -0.2) is 44.9 Å². The lowest BCUT2D eigenvalue weighted by molar-refractivity contribution is -0.120. The molecule has 1 saturated heterocycles. The van der Waals surface area contributed by atoms with Gasteiger partial charge in [-0.15, -0.1) is 0 Å². The van der Waals surface area contributed by atoms with E-state index in [0.717, 1.165) is 0 Å². The fourth-order valence-electron chi connectivity index (χ4n) is 3.69. The third-order valence-corrected chi connectivity index (χ3v) is 7.95. The minimum Gasteiger partial charge on any atom is -0.486 e. The summed E-state index contributed by atoms with van der Waals surface area (Å²) >= 11 is 11.9. The summed E-state index contributed by atoms with van der Waals surface area (Å²) in [5.74, 6) is 0.720. The molecule has 7 nitrogen and oxygen atoms in total. The van der Waals surface area contributed by atoms with E-state index >= 15 is 0 Å². The molecule has 0 saturated carbocycles. The van der Waals surface area contributed by atoms with E-state index in [4.69, 9.17) is 32.7 Å². The Bertz CT molecular complexity index is 1090. The van der Waals surface area contributed by atoms with Crippen molar-refractivity contribution < 1.29 is 22.7 Å². The Labute approximate surface area is 191 Å². The average Bonchev–Trinajstić information content (AvgIpc) is 2.76. The molecule has 1 amide bonds. The van der Waals surface area contributed by atoms with Crippen LogP contribution >= 0.6 is 23.2 Å². The highest BCUT2D eigenvalue weighted by molar-refractivity contribution is 7.88. The van der Waals surface area contributed by atoms with Gasteiger partial charge in [0.15, 0.2) is 11.5 Å². The Balaban J connectivity index is 1.33. The van der Waals surface area contributed by atoms with Crippen molar-refractivity contribution in [1.29, 1.82) is 0 Å². The highest BCUT2D eigenvalue weighted by Gasteiger charge is 2.31. The van der Waals surface area contributed by atoms with E-state index in [1.165, 1.54) is 4.31 Å². The Morgan fingerprint density at radius 2 is 1.71 bits per heavy atom. The minimum absolute atomic E-state index is 0.127. The molecule has 2 heterocycles. The first-order chi connectivity index (χ1) is 14.8. The van der Waals surface area contributed by atoms with Crippen molar-refractivity contribution in [3.8, 4) is 11.5 Å². The molecule has 0 aliphatic carbocycles. The number of anilines is 1. The zero-order chi connectivity index (χ0) is 22.0. The second kappa shape index (κ2) is 9.24. The van der Waals surface area contributed by atoms with E-state index in [2.05, 4.69) is 5.32 Å². The lowest BCUT2D eigenvalue weighted by atomic mass is 9.97. The number of rotatable bonds is 5. The number of carbonyl (C=O) groups excluding carboxylic acids is 1. The van der Waals surface area contributed by atoms with Crippen LogP contribution in [0.1, 0.15) is 18.4 Å². The molecule has 1 N–H and O–H groups in total. The van der Waals surface area contributed by atoms with Gasteiger partial charge in [0.25, 0.3) is 0 Å². The number of nitrogens with one attached hydrogen (secondary N) is 1. The molecule has 2 aromatic carbocycles. The van der Waals surface area contributed by atoms with Crippen LogP contribution in [0.3, 0.4) is 0 Å². The molecule has 10 heteroatoms. The van der Waals surface area contributed by atoms with Crippen LogP contribution in [0.5, 0.6) is 11.5 Å². The maximum atomic E-state index is 12.8. The summed E-state index contributed by atoms with van der Waals surface area (Å²) in [6, 6.07) is 10.1. The number of hydrogen-bond acceptors (Lipinski definition) is 5. The number of benzene rings is 2. The first kappa shape index (κ1) is 22.2. The standard InChI is InChI=1S/C21H22Cl2N2O5S/c22-17-3-1-14(11-18(17)23)13-31(27,28)25-7-5-15(6-8-25)21(26)24-16-2-4-19-20(12-16)30-10-9-29-19/h1-4,11-12,15H,5-10,13H2,(H,24,26). The molecule has 31 heavy (non-hydrogen) atoms. The fourth-order valence-corrected chi connectivity index (χ4v) is 5.56. The van der Waals surface area contributed by atoms with Crippen LogP contribution in [0.15, 0.2) is 36.4 Å². The second-order valence-electron chi connectivity index (χ2n) is 7.53. The minimum atomic E-state index is -3.51. The molecule has 0 unspecified atom stereocenters. The number of sulfonamides is 1. The maximum Gasteiger partial charge on any atom is 0.227 e. The molecular formula is C21H22Cl2N2O5S. The van der Waals surface area contributed by atoms with Gasteiger partial charge in [-0.1, -0.05) is 29.3 Å². The molecule has 0 spiro atoms. The van der Waals surface area contributed by atoms with Gasteiger partial charge in [0.05, 0.1) is 15.8 Å². The summed E-state index contributed by atoms with van der Waals surface area (Å²) in [4.78, 5) is 12.7. The fraction of sp³-hybridized carbons (Fsp3) is 0.381. The first-order valence-electron chi connectivity index (χ1n) is 9.94. The van der Waals surface area contributed by atoms with Crippen molar-refractivity contribution in [2.24, 2.45) is 5.92 Å². The molecule has 166 valence electrons. The SMILES string of the molecule is O=C(Nc1ccc2c(c1)OCCO2)C1CCN(S(=O)(=O)Cc2ccc(Cl)c(Cl)c2)CC1. The van der Waals surface area contributed by atoms with E-state index in [1.54, 1.807) is 36.4 Å². The van der Waals surface area contributed by atoms with Gasteiger partial charge in [-0.3, -0.25) is 4.79 Å². The van der Waals surface area contributed by atoms with Crippen molar-refractivity contribution >= 4 is 44.8 Å². The molecule has 0 bridgehead atoms. The molecule has 0 atom stereocenters. The van der Waals surface area contributed by atoms with Crippen LogP contribution in [0.25, 0.3) is 0 Å². The van der Waals surface area contributed by atoms with E-state index in [1.807, 2.05) is 0 Å². The van der Waals surface area contributed by atoms with Gasteiger partial charge in [0.2, 0.25) is 15.9 Å². The van der Waals surface area contributed by atoms with Crippen molar-refractivity contribution in [3.63, 3.8) is 0 Å². The molecule has 0 radical (unpaired) electrons. The zero-order valence-electron chi connectivity index (χ0n) is 16.6. The van der Waals surface area contributed by atoms with Gasteiger partial charge in [-0.25, -0.2) is 12.7 Å². The lowest BCUT2D eigenvalue weighted by Gasteiger charge is -2.30. The molecule has 2 aliphatic heterocycles. The number of hydrogen-bond donors (Lipinski definition) is 1. The van der Waals surface area contributed by atoms with Gasteiger partial charge < -0.3 is 14.8 Å². The van der Waals surface area contributed by atoms with E-state index in [0.29, 0.717) is 71.9 Å². The number of piperidine rings is 1. The number of ether oxygens (including phenoxy) is 2. The summed E-state index contributed by atoms with van der Waals surface area (Å²) in [5.41, 5.74) is 1.21. The van der Waals surface area contributed by atoms with Crippen molar-refractivity contribution in [3.05, 3.63) is 52.0 Å². The van der Waals surface area contributed by atoms with Crippen LogP contribution in [0, 0.1) is 5.92 Å². The Morgan fingerprint density at radius 3 is 2.42 bits per heavy atom. The summed E-state index contributed by atoms with van der Waals surface area (Å²) in [6.07, 6.45) is 0.911. The Hall–Kier alpha value is -2.00. The Kier molecular flexibility index (Phi) is 6.62. The van der Waals surface area contributed by atoms with Crippen molar-refractivity contribution in [2.45, 2.75) is 18.6 Å². The van der Waals surface area contributed by atoms with Crippen LogP contribution in [0.2, 0.25) is 10.0 Å². The van der Waals surface area contributed by atoms with Crippen LogP contribution < -0.4 is 14.8 Å². The largest absolute Gasteiger partial charge is 0.486 e. The van der Waals surface area contributed by atoms with E-state index in [9.17, 15) is 13.2 Å². The van der Waals surface area contributed by atoms with E-state index < -0.39 is 10.0 Å². The summed E-state index contributed by atoms with van der Waals surface area (Å²) in [6.45, 7) is 1.57. The van der Waals surface area contributed by atoms with Gasteiger partial charge in [0, 0.05) is 30.8 Å². The zero-order valence-corrected chi connectivity index (χ0v) is 19.0. The lowest BCUT2D eigenvalue weighted by Crippen LogP contribution is -2.41. The average molecular weight is 485 g/mol. The Morgan fingerprint density at radius 1 is 1.00 bits per heavy atom. The molecule has 2 aliphatic rings. The van der Waals surface area contributed by atoms with Gasteiger partial charge in [0.1, 0.15) is 13.2 Å². The van der Waals surface area contributed by atoms with Gasteiger partial charge >= 0.3 is 0 Å². The third-order valence-electron chi connectivity index (χ3n) is 5.36. The number of halogens is 2. The monoisotopic (exact) mass is 484 g/mol. The molecule has 1 fully saturated rings. The first-order valence-corrected chi connectivity index (χ1v) is 12.3. The normalized spacial score (nSPS) is 17.4. The van der Waals surface area contributed by atoms with Crippen LogP contribution in [-0.2, 0) is 20.6 Å². The highest BCUT2D eigenvalue weighted by atomic mass is 35.5. The second-order valence-corrected chi connectivity index (χ2v) is 10.3. The highest BCUT2D eigenvalue weighted by Crippen LogP contribution is 2.33. The molecule has 2 aromatic rings. The topological polar surface area (TPSA) is 84.9 Å². The third kappa shape index (κ3) is 5.26. The van der Waals surface area contributed by atoms with E-state index in [-0.39, 0.29) is 17.6 Å². The number of amides is 1. The molecular weight excluding hydrogens is 463 g/mol. The summed E-state index contributed by atoms with van der Waals surface area (Å²) < 4.78 is 38.0. The maximum absolute atomic E-state index is 12.8. The quantitative estimate of drug-likeness (QED) is 0.694. The molecule has 0 aromatic heterocycles. The predicted octanol–water partition coefficient (Wildman–Crippen LogP) is 3.95. The van der Waals surface area contributed by atoms with Gasteiger partial charge in [-0.2, -0.15) is 0 Å². The smallest absolute Gasteiger partial charge is 0.227 e. The number of nitrogens with zero attached hydrogens (tertiary/aromatic N) is 1. The van der Waals surface area contributed by atoms with Crippen LogP contribution in [0.4, 0.5) is 5.69 Å². The molecule has 4 rings (SSSR count). The number of fused-ring (bicyclic) bond motifs is 1. The summed E-state index contributed by atoms with van der Waals surface area (Å²) in [5, 5.41) is 3.60.